The van der Waals surface area contributed by atoms with Crippen molar-refractivity contribution in [1.82, 2.24) is 14.6 Å². The van der Waals surface area contributed by atoms with Crippen molar-refractivity contribution >= 4 is 22.4 Å². The zero-order valence-electron chi connectivity index (χ0n) is 16.6. The van der Waals surface area contributed by atoms with E-state index in [4.69, 9.17) is 4.74 Å². The number of unbranched alkanes of at least 4 members (excludes halogenated alkanes) is 2. The van der Waals surface area contributed by atoms with Crippen molar-refractivity contribution < 1.29 is 4.74 Å². The van der Waals surface area contributed by atoms with Crippen molar-refractivity contribution in [1.29, 1.82) is 0 Å². The molecule has 0 unspecified atom stereocenters. The third kappa shape index (κ3) is 4.22. The number of aryl methyl sites for hydroxylation is 1. The molecule has 0 aliphatic heterocycles. The van der Waals surface area contributed by atoms with Crippen molar-refractivity contribution in [2.75, 3.05) is 6.61 Å². The smallest absolute Gasteiger partial charge is 0.291 e. The molecule has 0 saturated heterocycles. The van der Waals surface area contributed by atoms with Gasteiger partial charge in [0.2, 0.25) is 4.96 Å². The second-order valence-corrected chi connectivity index (χ2v) is 8.01. The van der Waals surface area contributed by atoms with Gasteiger partial charge in [-0.2, -0.15) is 9.50 Å². The predicted molar refractivity (Wildman–Crippen MR) is 118 cm³/mol. The molecule has 6 heteroatoms. The third-order valence-electron chi connectivity index (χ3n) is 4.70. The molecule has 4 aromatic rings. The summed E-state index contributed by atoms with van der Waals surface area (Å²) in [6, 6.07) is 15.8. The minimum Gasteiger partial charge on any atom is -0.493 e. The lowest BCUT2D eigenvalue weighted by Gasteiger charge is -2.08. The Morgan fingerprint density at radius 3 is 2.66 bits per heavy atom. The third-order valence-corrected chi connectivity index (χ3v) is 5.66. The Hall–Kier alpha value is -2.99. The van der Waals surface area contributed by atoms with E-state index in [9.17, 15) is 4.79 Å². The summed E-state index contributed by atoms with van der Waals surface area (Å²) in [4.78, 5) is 18.0. The fourth-order valence-electron chi connectivity index (χ4n) is 3.07. The zero-order valence-corrected chi connectivity index (χ0v) is 17.4. The number of rotatable bonds is 7. The van der Waals surface area contributed by atoms with Gasteiger partial charge in [0.25, 0.3) is 5.56 Å². The maximum absolute atomic E-state index is 12.8. The van der Waals surface area contributed by atoms with Crippen LogP contribution >= 0.6 is 11.3 Å². The molecule has 148 valence electrons. The van der Waals surface area contributed by atoms with Crippen molar-refractivity contribution in [2.45, 2.75) is 33.1 Å². The van der Waals surface area contributed by atoms with Crippen molar-refractivity contribution in [3.63, 3.8) is 0 Å². The van der Waals surface area contributed by atoms with Gasteiger partial charge in [-0.3, -0.25) is 4.79 Å². The van der Waals surface area contributed by atoms with Crippen LogP contribution in [0.2, 0.25) is 0 Å². The second-order valence-electron chi connectivity index (χ2n) is 7.01. The summed E-state index contributed by atoms with van der Waals surface area (Å²) < 4.78 is 7.91. The molecule has 29 heavy (non-hydrogen) atoms. The van der Waals surface area contributed by atoms with E-state index in [1.54, 1.807) is 0 Å². The number of nitrogens with zero attached hydrogens (tertiary/aromatic N) is 3. The lowest BCUT2D eigenvalue weighted by Crippen LogP contribution is -2.23. The van der Waals surface area contributed by atoms with Crippen LogP contribution in [0.5, 0.6) is 5.75 Å². The lowest BCUT2D eigenvalue weighted by molar-refractivity contribution is 0.305. The van der Waals surface area contributed by atoms with E-state index < -0.39 is 0 Å². The van der Waals surface area contributed by atoms with E-state index in [0.29, 0.717) is 21.9 Å². The second kappa shape index (κ2) is 8.57. The molecule has 4 rings (SSSR count). The fourth-order valence-corrected chi connectivity index (χ4v) is 3.96. The number of hydrogen-bond donors (Lipinski definition) is 0. The first-order valence-corrected chi connectivity index (χ1v) is 10.7. The molecule has 0 bridgehead atoms. The highest BCUT2D eigenvalue weighted by Gasteiger charge is 2.12. The maximum atomic E-state index is 12.8. The van der Waals surface area contributed by atoms with Crippen LogP contribution in [0.1, 0.15) is 37.3 Å². The molecule has 0 spiro atoms. The summed E-state index contributed by atoms with van der Waals surface area (Å²) in [5, 5.41) is 4.42. The Balaban J connectivity index is 1.66. The largest absolute Gasteiger partial charge is 0.493 e. The van der Waals surface area contributed by atoms with E-state index in [-0.39, 0.29) is 5.56 Å². The van der Waals surface area contributed by atoms with E-state index in [0.717, 1.165) is 36.1 Å². The fraction of sp³-hybridized carbons (Fsp3) is 0.261. The van der Waals surface area contributed by atoms with E-state index in [1.807, 2.05) is 61.5 Å². The van der Waals surface area contributed by atoms with Gasteiger partial charge in [0.05, 0.1) is 11.1 Å². The molecule has 0 atom stereocenters. The van der Waals surface area contributed by atoms with Crippen molar-refractivity contribution in [3.8, 4) is 17.1 Å². The molecule has 0 aliphatic rings. The minimum atomic E-state index is -0.156. The van der Waals surface area contributed by atoms with Crippen LogP contribution in [0.3, 0.4) is 0 Å². The van der Waals surface area contributed by atoms with E-state index in [1.165, 1.54) is 21.4 Å². The van der Waals surface area contributed by atoms with E-state index in [2.05, 4.69) is 17.0 Å². The molecule has 2 aromatic carbocycles. The van der Waals surface area contributed by atoms with Gasteiger partial charge >= 0.3 is 0 Å². The Morgan fingerprint density at radius 1 is 1.10 bits per heavy atom. The van der Waals surface area contributed by atoms with Gasteiger partial charge < -0.3 is 4.74 Å². The predicted octanol–water partition coefficient (Wildman–Crippen LogP) is 4.24. The van der Waals surface area contributed by atoms with Crippen LogP contribution in [-0.4, -0.2) is 21.2 Å². The summed E-state index contributed by atoms with van der Waals surface area (Å²) in [6.45, 7) is 4.88. The number of hydrogen-bond acceptors (Lipinski definition) is 5. The average Bonchev–Trinajstić information content (AvgIpc) is 3.27. The lowest BCUT2D eigenvalue weighted by atomic mass is 10.1. The zero-order chi connectivity index (χ0) is 20.2. The quantitative estimate of drug-likeness (QED) is 0.432. The Morgan fingerprint density at radius 2 is 1.90 bits per heavy atom. The summed E-state index contributed by atoms with van der Waals surface area (Å²) in [7, 11) is 0. The van der Waals surface area contributed by atoms with Crippen molar-refractivity contribution in [3.05, 3.63) is 74.5 Å². The van der Waals surface area contributed by atoms with Crippen LogP contribution in [-0.2, 0) is 0 Å². The number of ether oxygens (including phenoxy) is 1. The van der Waals surface area contributed by atoms with Crippen LogP contribution < -0.4 is 14.8 Å². The SMILES string of the molecule is CCCCCOc1ccccc1C=c1sc2nc(-c3ccc(C)cc3)nn2c1=O. The average molecular weight is 406 g/mol. The molecular weight excluding hydrogens is 382 g/mol. The molecule has 0 amide bonds. The highest BCUT2D eigenvalue weighted by Crippen LogP contribution is 2.20. The van der Waals surface area contributed by atoms with Gasteiger partial charge in [-0.25, -0.2) is 0 Å². The summed E-state index contributed by atoms with van der Waals surface area (Å²) in [5.41, 5.74) is 2.81. The molecule has 5 nitrogen and oxygen atoms in total. The Labute approximate surface area is 173 Å². The van der Waals surface area contributed by atoms with Crippen LogP contribution in [0.15, 0.2) is 53.3 Å². The Kier molecular flexibility index (Phi) is 5.71. The molecular formula is C23H23N3O2S. The molecule has 0 saturated carbocycles. The molecule has 0 fully saturated rings. The van der Waals surface area contributed by atoms with E-state index >= 15 is 0 Å². The number of fused-ring (bicyclic) bond motifs is 1. The first kappa shape index (κ1) is 19.3. The van der Waals surface area contributed by atoms with Gasteiger partial charge in [0.1, 0.15) is 5.75 Å². The van der Waals surface area contributed by atoms with Crippen molar-refractivity contribution in [2.24, 2.45) is 0 Å². The highest BCUT2D eigenvalue weighted by molar-refractivity contribution is 7.15. The van der Waals surface area contributed by atoms with Crippen LogP contribution in [0.4, 0.5) is 0 Å². The molecule has 2 aromatic heterocycles. The summed E-state index contributed by atoms with van der Waals surface area (Å²) in [5.74, 6) is 1.36. The number of thiazole rings is 1. The summed E-state index contributed by atoms with van der Waals surface area (Å²) in [6.07, 6.45) is 5.19. The monoisotopic (exact) mass is 405 g/mol. The van der Waals surface area contributed by atoms with Gasteiger partial charge in [-0.1, -0.05) is 79.1 Å². The van der Waals surface area contributed by atoms with Crippen LogP contribution in [0, 0.1) is 6.92 Å². The molecule has 2 heterocycles. The first-order chi connectivity index (χ1) is 14.2. The maximum Gasteiger partial charge on any atom is 0.291 e. The summed E-state index contributed by atoms with van der Waals surface area (Å²) >= 11 is 1.34. The van der Waals surface area contributed by atoms with Gasteiger partial charge in [0, 0.05) is 11.1 Å². The first-order valence-electron chi connectivity index (χ1n) is 9.86. The van der Waals surface area contributed by atoms with Crippen LogP contribution in [0.25, 0.3) is 22.4 Å². The normalized spacial score (nSPS) is 12.0. The number of aromatic nitrogens is 3. The van der Waals surface area contributed by atoms with Gasteiger partial charge in [-0.05, 0) is 25.5 Å². The number of benzene rings is 2. The van der Waals surface area contributed by atoms with Gasteiger partial charge in [0.15, 0.2) is 5.82 Å². The highest BCUT2D eigenvalue weighted by atomic mass is 32.1. The number of para-hydroxylation sites is 1. The standard InChI is InChI=1S/C23H23N3O2S/c1-3-4-7-14-28-19-9-6-5-8-18(19)15-20-22(27)26-23(29-20)24-21(25-26)17-12-10-16(2)11-13-17/h5-6,8-13,15H,3-4,7,14H2,1-2H3. The Bertz CT molecular complexity index is 1230. The topological polar surface area (TPSA) is 56.5 Å². The van der Waals surface area contributed by atoms with Gasteiger partial charge in [-0.15, -0.1) is 5.10 Å². The molecule has 0 radical (unpaired) electrons. The molecule has 0 N–H and O–H groups in total. The molecule has 0 aliphatic carbocycles. The minimum absolute atomic E-state index is 0.156.